The SMILES string of the molecule is CC1(C)CCCCC1NS(=O)(=O)c1cccc(Br)c1. The molecule has 0 radical (unpaired) electrons. The Labute approximate surface area is 124 Å². The lowest BCUT2D eigenvalue weighted by Gasteiger charge is -2.38. The monoisotopic (exact) mass is 345 g/mol. The number of nitrogens with one attached hydrogen (secondary N) is 1. The summed E-state index contributed by atoms with van der Waals surface area (Å²) in [5.74, 6) is 0. The molecule has 1 N–H and O–H groups in total. The predicted molar refractivity (Wildman–Crippen MR) is 80.5 cm³/mol. The summed E-state index contributed by atoms with van der Waals surface area (Å²) in [6.07, 6.45) is 4.26. The Morgan fingerprint density at radius 1 is 1.32 bits per heavy atom. The Bertz CT molecular complexity index is 554. The van der Waals surface area contributed by atoms with E-state index in [9.17, 15) is 8.42 Å². The second-order valence-electron chi connectivity index (χ2n) is 5.87. The summed E-state index contributed by atoms with van der Waals surface area (Å²) < 4.78 is 28.5. The lowest BCUT2D eigenvalue weighted by Crippen LogP contribution is -2.46. The molecule has 0 saturated heterocycles. The Morgan fingerprint density at radius 2 is 2.05 bits per heavy atom. The van der Waals surface area contributed by atoms with Gasteiger partial charge in [0, 0.05) is 10.5 Å². The largest absolute Gasteiger partial charge is 0.240 e. The molecule has 1 unspecified atom stereocenters. The van der Waals surface area contributed by atoms with Crippen LogP contribution in [0.5, 0.6) is 0 Å². The molecule has 0 bridgehead atoms. The fourth-order valence-corrected chi connectivity index (χ4v) is 4.64. The van der Waals surface area contributed by atoms with Crippen molar-refractivity contribution in [2.75, 3.05) is 0 Å². The molecule has 1 fully saturated rings. The minimum Gasteiger partial charge on any atom is -0.208 e. The first-order valence-corrected chi connectivity index (χ1v) is 8.87. The zero-order chi connectivity index (χ0) is 14.1. The second kappa shape index (κ2) is 5.54. The van der Waals surface area contributed by atoms with Crippen LogP contribution < -0.4 is 4.72 Å². The van der Waals surface area contributed by atoms with Crippen molar-refractivity contribution in [1.29, 1.82) is 0 Å². The predicted octanol–water partition coefficient (Wildman–Crippen LogP) is 3.70. The molecule has 1 aromatic rings. The maximum Gasteiger partial charge on any atom is 0.240 e. The van der Waals surface area contributed by atoms with E-state index in [0.717, 1.165) is 23.7 Å². The molecule has 5 heteroatoms. The van der Waals surface area contributed by atoms with Crippen molar-refractivity contribution in [2.24, 2.45) is 5.41 Å². The zero-order valence-corrected chi connectivity index (χ0v) is 13.7. The molecule has 2 rings (SSSR count). The normalized spacial score (nSPS) is 23.2. The minimum absolute atomic E-state index is 0.0187. The summed E-state index contributed by atoms with van der Waals surface area (Å²) in [6.45, 7) is 4.28. The standard InChI is InChI=1S/C14H20BrNO2S/c1-14(2)9-4-3-8-13(14)16-19(17,18)12-7-5-6-11(15)10-12/h5-7,10,13,16H,3-4,8-9H2,1-2H3. The highest BCUT2D eigenvalue weighted by atomic mass is 79.9. The number of benzene rings is 1. The van der Waals surface area contributed by atoms with E-state index in [1.807, 2.05) is 6.07 Å². The Morgan fingerprint density at radius 3 is 2.68 bits per heavy atom. The highest BCUT2D eigenvalue weighted by Gasteiger charge is 2.35. The van der Waals surface area contributed by atoms with Crippen molar-refractivity contribution in [2.45, 2.75) is 50.5 Å². The molecule has 19 heavy (non-hydrogen) atoms. The minimum atomic E-state index is -3.43. The van der Waals surface area contributed by atoms with Gasteiger partial charge >= 0.3 is 0 Å². The summed E-state index contributed by atoms with van der Waals surface area (Å²) in [6, 6.07) is 6.85. The molecular weight excluding hydrogens is 326 g/mol. The summed E-state index contributed by atoms with van der Waals surface area (Å²) in [7, 11) is -3.43. The number of hydrogen-bond donors (Lipinski definition) is 1. The Balaban J connectivity index is 2.22. The highest BCUT2D eigenvalue weighted by molar-refractivity contribution is 9.10. The van der Waals surface area contributed by atoms with Gasteiger partial charge in [0.15, 0.2) is 0 Å². The van der Waals surface area contributed by atoms with Crippen LogP contribution >= 0.6 is 15.9 Å². The van der Waals surface area contributed by atoms with Crippen molar-refractivity contribution in [3.8, 4) is 0 Å². The van der Waals surface area contributed by atoms with Gasteiger partial charge in [0.25, 0.3) is 0 Å². The molecule has 0 aromatic heterocycles. The fourth-order valence-electron chi connectivity index (χ4n) is 2.60. The van der Waals surface area contributed by atoms with Crippen LogP contribution in [0.25, 0.3) is 0 Å². The molecule has 1 aromatic carbocycles. The van der Waals surface area contributed by atoms with Crippen molar-refractivity contribution in [3.63, 3.8) is 0 Å². The van der Waals surface area contributed by atoms with Gasteiger partial charge in [-0.25, -0.2) is 13.1 Å². The van der Waals surface area contributed by atoms with Crippen LogP contribution in [0.4, 0.5) is 0 Å². The van der Waals surface area contributed by atoms with Crippen LogP contribution in [0.2, 0.25) is 0 Å². The van der Waals surface area contributed by atoms with E-state index in [4.69, 9.17) is 0 Å². The summed E-state index contributed by atoms with van der Waals surface area (Å²) in [5, 5.41) is 0. The quantitative estimate of drug-likeness (QED) is 0.907. The maximum atomic E-state index is 12.4. The van der Waals surface area contributed by atoms with E-state index in [-0.39, 0.29) is 11.5 Å². The van der Waals surface area contributed by atoms with Crippen LogP contribution in [-0.2, 0) is 10.0 Å². The molecule has 1 aliphatic carbocycles. The number of rotatable bonds is 3. The summed E-state index contributed by atoms with van der Waals surface area (Å²) >= 11 is 3.31. The molecule has 0 amide bonds. The molecule has 106 valence electrons. The van der Waals surface area contributed by atoms with E-state index < -0.39 is 10.0 Å². The Hall–Kier alpha value is -0.390. The van der Waals surface area contributed by atoms with Gasteiger partial charge in [0.1, 0.15) is 0 Å². The average molecular weight is 346 g/mol. The number of hydrogen-bond acceptors (Lipinski definition) is 2. The smallest absolute Gasteiger partial charge is 0.208 e. The van der Waals surface area contributed by atoms with E-state index in [0.29, 0.717) is 4.90 Å². The lowest BCUT2D eigenvalue weighted by molar-refractivity contribution is 0.188. The highest BCUT2D eigenvalue weighted by Crippen LogP contribution is 2.36. The number of sulfonamides is 1. The van der Waals surface area contributed by atoms with Gasteiger partial charge in [-0.05, 0) is 36.5 Å². The molecule has 1 saturated carbocycles. The van der Waals surface area contributed by atoms with Crippen LogP contribution in [-0.4, -0.2) is 14.5 Å². The van der Waals surface area contributed by atoms with E-state index in [1.54, 1.807) is 18.2 Å². The van der Waals surface area contributed by atoms with Crippen LogP contribution in [0, 0.1) is 5.41 Å². The third-order valence-corrected chi connectivity index (χ3v) is 5.87. The van der Waals surface area contributed by atoms with Crippen LogP contribution in [0.3, 0.4) is 0 Å². The fraction of sp³-hybridized carbons (Fsp3) is 0.571. The molecular formula is C14H20BrNO2S. The summed E-state index contributed by atoms with van der Waals surface area (Å²) in [5.41, 5.74) is 0.0251. The third-order valence-electron chi connectivity index (χ3n) is 3.91. The lowest BCUT2D eigenvalue weighted by atomic mass is 9.74. The van der Waals surface area contributed by atoms with Gasteiger partial charge in [-0.1, -0.05) is 48.7 Å². The van der Waals surface area contributed by atoms with Crippen molar-refractivity contribution < 1.29 is 8.42 Å². The first-order chi connectivity index (χ1) is 8.81. The van der Waals surface area contributed by atoms with Gasteiger partial charge in [0.05, 0.1) is 4.90 Å². The second-order valence-corrected chi connectivity index (χ2v) is 8.50. The molecule has 1 aliphatic rings. The molecule has 0 spiro atoms. The van der Waals surface area contributed by atoms with Gasteiger partial charge in [-0.3, -0.25) is 0 Å². The maximum absolute atomic E-state index is 12.4. The van der Waals surface area contributed by atoms with E-state index >= 15 is 0 Å². The van der Waals surface area contributed by atoms with Gasteiger partial charge in [0.2, 0.25) is 10.0 Å². The van der Waals surface area contributed by atoms with Crippen LogP contribution in [0.1, 0.15) is 39.5 Å². The van der Waals surface area contributed by atoms with Crippen molar-refractivity contribution in [1.82, 2.24) is 4.72 Å². The van der Waals surface area contributed by atoms with E-state index in [1.165, 1.54) is 6.42 Å². The average Bonchev–Trinajstić information content (AvgIpc) is 2.32. The topological polar surface area (TPSA) is 46.2 Å². The Kier molecular flexibility index (Phi) is 4.38. The van der Waals surface area contributed by atoms with Gasteiger partial charge in [-0.2, -0.15) is 0 Å². The first-order valence-electron chi connectivity index (χ1n) is 6.59. The third kappa shape index (κ3) is 3.58. The van der Waals surface area contributed by atoms with Crippen molar-refractivity contribution in [3.05, 3.63) is 28.7 Å². The van der Waals surface area contributed by atoms with Crippen LogP contribution in [0.15, 0.2) is 33.6 Å². The van der Waals surface area contributed by atoms with Crippen molar-refractivity contribution >= 4 is 26.0 Å². The molecule has 3 nitrogen and oxygen atoms in total. The molecule has 0 heterocycles. The zero-order valence-electron chi connectivity index (χ0n) is 11.3. The van der Waals surface area contributed by atoms with E-state index in [2.05, 4.69) is 34.5 Å². The van der Waals surface area contributed by atoms with Gasteiger partial charge < -0.3 is 0 Å². The number of halogens is 1. The summed E-state index contributed by atoms with van der Waals surface area (Å²) in [4.78, 5) is 0.322. The molecule has 1 atom stereocenters. The van der Waals surface area contributed by atoms with Gasteiger partial charge in [-0.15, -0.1) is 0 Å². The first kappa shape index (κ1) is 15.0. The molecule has 0 aliphatic heterocycles.